The van der Waals surface area contributed by atoms with Crippen LogP contribution < -0.4 is 15.4 Å². The molecule has 0 radical (unpaired) electrons. The van der Waals surface area contributed by atoms with Crippen LogP contribution in [0.2, 0.25) is 0 Å². The molecule has 1 aromatic heterocycles. The van der Waals surface area contributed by atoms with Crippen molar-refractivity contribution in [2.45, 2.75) is 25.4 Å². The maximum Gasteiger partial charge on any atom is 0.287 e. The fraction of sp³-hybridized carbons (Fsp3) is 0.389. The number of methoxy groups -OCH3 is 1. The molecule has 1 aliphatic carbocycles. The normalized spacial score (nSPS) is 19.1. The standard InChI is InChI=1S/C18H20N4O3/c1-25-13-6-4-12(5-7-13)14-9-22-10-15(20-16(22)18(24)21-14)17(23)19-8-11-2-3-11/h4-7,10-11,14H,2-3,8-9H2,1H3,(H,19,23)(H,21,24). The molecule has 7 heteroatoms. The van der Waals surface area contributed by atoms with Crippen molar-refractivity contribution in [1.82, 2.24) is 20.2 Å². The van der Waals surface area contributed by atoms with Gasteiger partial charge in [-0.25, -0.2) is 4.98 Å². The molecular weight excluding hydrogens is 320 g/mol. The zero-order valence-corrected chi connectivity index (χ0v) is 14.0. The Kier molecular flexibility index (Phi) is 3.91. The number of carbonyl (C=O) groups excluding carboxylic acids is 2. The van der Waals surface area contributed by atoms with Gasteiger partial charge in [0.25, 0.3) is 11.8 Å². The summed E-state index contributed by atoms with van der Waals surface area (Å²) in [6.45, 7) is 1.22. The molecule has 0 saturated heterocycles. The highest BCUT2D eigenvalue weighted by atomic mass is 16.5. The molecule has 4 rings (SSSR count). The number of imidazole rings is 1. The molecule has 1 aromatic carbocycles. The van der Waals surface area contributed by atoms with E-state index in [0.29, 0.717) is 24.7 Å². The Balaban J connectivity index is 1.51. The number of carbonyl (C=O) groups is 2. The lowest BCUT2D eigenvalue weighted by Gasteiger charge is -2.25. The van der Waals surface area contributed by atoms with Gasteiger partial charge in [0.1, 0.15) is 11.4 Å². The molecule has 0 bridgehead atoms. The van der Waals surface area contributed by atoms with Crippen LogP contribution in [-0.4, -0.2) is 35.0 Å². The van der Waals surface area contributed by atoms with Gasteiger partial charge in [-0.2, -0.15) is 0 Å². The summed E-state index contributed by atoms with van der Waals surface area (Å²) in [6, 6.07) is 7.41. The highest BCUT2D eigenvalue weighted by Gasteiger charge is 2.29. The maximum atomic E-state index is 12.4. The zero-order valence-electron chi connectivity index (χ0n) is 14.0. The second kappa shape index (κ2) is 6.23. The van der Waals surface area contributed by atoms with Crippen LogP contribution in [0.3, 0.4) is 0 Å². The van der Waals surface area contributed by atoms with Gasteiger partial charge in [-0.15, -0.1) is 0 Å². The van der Waals surface area contributed by atoms with Crippen molar-refractivity contribution in [3.05, 3.63) is 47.5 Å². The van der Waals surface area contributed by atoms with Gasteiger partial charge in [0.15, 0.2) is 5.82 Å². The lowest BCUT2D eigenvalue weighted by molar-refractivity contribution is 0.0894. The molecule has 1 fully saturated rings. The summed E-state index contributed by atoms with van der Waals surface area (Å²) >= 11 is 0. The third kappa shape index (κ3) is 3.22. The third-order valence-corrected chi connectivity index (χ3v) is 4.66. The van der Waals surface area contributed by atoms with Gasteiger partial charge in [-0.3, -0.25) is 9.59 Å². The first kappa shape index (κ1) is 15.7. The third-order valence-electron chi connectivity index (χ3n) is 4.66. The van der Waals surface area contributed by atoms with E-state index in [0.717, 1.165) is 11.3 Å². The van der Waals surface area contributed by atoms with Crippen molar-refractivity contribution in [3.8, 4) is 5.75 Å². The van der Waals surface area contributed by atoms with E-state index in [-0.39, 0.29) is 23.7 Å². The van der Waals surface area contributed by atoms with Crippen LogP contribution in [0.15, 0.2) is 30.5 Å². The minimum Gasteiger partial charge on any atom is -0.497 e. The predicted octanol–water partition coefficient (Wildman–Crippen LogP) is 1.52. The number of rotatable bonds is 5. The summed E-state index contributed by atoms with van der Waals surface area (Å²) < 4.78 is 6.91. The molecule has 2 amide bonds. The number of amides is 2. The van der Waals surface area contributed by atoms with Gasteiger partial charge >= 0.3 is 0 Å². The highest BCUT2D eigenvalue weighted by Crippen LogP contribution is 2.28. The van der Waals surface area contributed by atoms with Gasteiger partial charge < -0.3 is 19.9 Å². The number of aromatic nitrogens is 2. The zero-order chi connectivity index (χ0) is 17.4. The molecule has 2 N–H and O–H groups in total. The quantitative estimate of drug-likeness (QED) is 0.864. The Morgan fingerprint density at radius 3 is 2.80 bits per heavy atom. The number of fused-ring (bicyclic) bond motifs is 1. The Hall–Kier alpha value is -2.83. The van der Waals surface area contributed by atoms with E-state index in [9.17, 15) is 9.59 Å². The SMILES string of the molecule is COc1ccc(C2Cn3cc(C(=O)NCC4CC4)nc3C(=O)N2)cc1. The topological polar surface area (TPSA) is 85.2 Å². The number of nitrogens with one attached hydrogen (secondary N) is 2. The number of hydrogen-bond donors (Lipinski definition) is 2. The Labute approximate surface area is 145 Å². The van der Waals surface area contributed by atoms with Gasteiger partial charge in [0.05, 0.1) is 13.2 Å². The lowest BCUT2D eigenvalue weighted by Crippen LogP contribution is -2.38. The molecular formula is C18H20N4O3. The summed E-state index contributed by atoms with van der Waals surface area (Å²) in [5.41, 5.74) is 1.27. The summed E-state index contributed by atoms with van der Waals surface area (Å²) in [7, 11) is 1.62. The molecule has 2 aliphatic rings. The minimum absolute atomic E-state index is 0.164. The van der Waals surface area contributed by atoms with E-state index in [1.807, 2.05) is 24.3 Å². The molecule has 130 valence electrons. The van der Waals surface area contributed by atoms with Crippen molar-refractivity contribution in [2.75, 3.05) is 13.7 Å². The fourth-order valence-electron chi connectivity index (χ4n) is 2.99. The number of benzene rings is 1. The van der Waals surface area contributed by atoms with E-state index < -0.39 is 0 Å². The molecule has 1 saturated carbocycles. The van der Waals surface area contributed by atoms with Gasteiger partial charge in [-0.05, 0) is 36.5 Å². The molecule has 1 unspecified atom stereocenters. The summed E-state index contributed by atoms with van der Waals surface area (Å²) in [6.07, 6.45) is 4.00. The Morgan fingerprint density at radius 1 is 1.36 bits per heavy atom. The first-order chi connectivity index (χ1) is 12.1. The van der Waals surface area contributed by atoms with Gasteiger partial charge in [0, 0.05) is 19.3 Å². The minimum atomic E-state index is -0.270. The van der Waals surface area contributed by atoms with Crippen molar-refractivity contribution < 1.29 is 14.3 Å². The van der Waals surface area contributed by atoms with Crippen molar-refractivity contribution in [3.63, 3.8) is 0 Å². The maximum absolute atomic E-state index is 12.4. The van der Waals surface area contributed by atoms with E-state index in [2.05, 4.69) is 15.6 Å². The summed E-state index contributed by atoms with van der Waals surface area (Å²) in [5, 5.41) is 5.82. The number of ether oxygens (including phenoxy) is 1. The largest absolute Gasteiger partial charge is 0.497 e. The van der Waals surface area contributed by atoms with Crippen LogP contribution in [-0.2, 0) is 6.54 Å². The van der Waals surface area contributed by atoms with E-state index in [4.69, 9.17) is 4.74 Å². The molecule has 1 aliphatic heterocycles. The van der Waals surface area contributed by atoms with Crippen molar-refractivity contribution in [2.24, 2.45) is 5.92 Å². The molecule has 1 atom stereocenters. The smallest absolute Gasteiger partial charge is 0.287 e. The molecule has 2 heterocycles. The fourth-order valence-corrected chi connectivity index (χ4v) is 2.99. The van der Waals surface area contributed by atoms with Crippen LogP contribution in [0.5, 0.6) is 5.75 Å². The van der Waals surface area contributed by atoms with Crippen LogP contribution >= 0.6 is 0 Å². The lowest BCUT2D eigenvalue weighted by atomic mass is 10.1. The van der Waals surface area contributed by atoms with Crippen LogP contribution in [0.1, 0.15) is 45.6 Å². The summed E-state index contributed by atoms with van der Waals surface area (Å²) in [5.74, 6) is 1.16. The monoisotopic (exact) mass is 340 g/mol. The van der Waals surface area contributed by atoms with Crippen molar-refractivity contribution in [1.29, 1.82) is 0 Å². The van der Waals surface area contributed by atoms with Crippen LogP contribution in [0.25, 0.3) is 0 Å². The second-order valence-corrected chi connectivity index (χ2v) is 6.55. The van der Waals surface area contributed by atoms with Gasteiger partial charge in [0.2, 0.25) is 0 Å². The molecule has 0 spiro atoms. The average molecular weight is 340 g/mol. The van der Waals surface area contributed by atoms with E-state index >= 15 is 0 Å². The number of nitrogens with zero attached hydrogens (tertiary/aromatic N) is 2. The van der Waals surface area contributed by atoms with E-state index in [1.165, 1.54) is 12.8 Å². The molecule has 25 heavy (non-hydrogen) atoms. The summed E-state index contributed by atoms with van der Waals surface area (Å²) in [4.78, 5) is 28.7. The second-order valence-electron chi connectivity index (χ2n) is 6.55. The van der Waals surface area contributed by atoms with E-state index in [1.54, 1.807) is 17.9 Å². The highest BCUT2D eigenvalue weighted by molar-refractivity contribution is 5.96. The predicted molar refractivity (Wildman–Crippen MR) is 90.5 cm³/mol. The Morgan fingerprint density at radius 2 is 2.12 bits per heavy atom. The number of hydrogen-bond acceptors (Lipinski definition) is 4. The Bertz CT molecular complexity index is 808. The first-order valence-corrected chi connectivity index (χ1v) is 8.44. The first-order valence-electron chi connectivity index (χ1n) is 8.44. The molecule has 2 aromatic rings. The average Bonchev–Trinajstić information content (AvgIpc) is 3.36. The van der Waals surface area contributed by atoms with Crippen LogP contribution in [0.4, 0.5) is 0 Å². The van der Waals surface area contributed by atoms with Gasteiger partial charge in [-0.1, -0.05) is 12.1 Å². The van der Waals surface area contributed by atoms with Crippen LogP contribution in [0, 0.1) is 5.92 Å². The molecule has 7 nitrogen and oxygen atoms in total. The van der Waals surface area contributed by atoms with Crippen molar-refractivity contribution >= 4 is 11.8 Å².